The molecular weight excluding hydrogens is 414 g/mol. The van der Waals surface area contributed by atoms with E-state index in [0.29, 0.717) is 34.4 Å². The molecule has 4 aromatic rings. The molecule has 2 N–H and O–H groups in total. The fraction of sp³-hybridized carbons (Fsp3) is 0.240. The number of nitrogens with zero attached hydrogens (tertiary/aromatic N) is 5. The van der Waals surface area contributed by atoms with E-state index in [1.807, 2.05) is 41.0 Å². The summed E-state index contributed by atoms with van der Waals surface area (Å²) in [6, 6.07) is 15.9. The Hall–Kier alpha value is -4.09. The van der Waals surface area contributed by atoms with Crippen molar-refractivity contribution in [1.29, 1.82) is 5.26 Å². The van der Waals surface area contributed by atoms with E-state index in [1.165, 1.54) is 0 Å². The van der Waals surface area contributed by atoms with Crippen LogP contribution in [0.4, 0.5) is 5.95 Å². The van der Waals surface area contributed by atoms with Gasteiger partial charge in [0.15, 0.2) is 6.29 Å². The van der Waals surface area contributed by atoms with Gasteiger partial charge in [0.2, 0.25) is 5.95 Å². The maximum Gasteiger partial charge on any atom is 0.224 e. The summed E-state index contributed by atoms with van der Waals surface area (Å²) in [6.07, 6.45) is 6.55. The number of nitriles is 1. The molecule has 2 aromatic heterocycles. The Morgan fingerprint density at radius 1 is 1.21 bits per heavy atom. The highest BCUT2D eigenvalue weighted by Crippen LogP contribution is 2.31. The van der Waals surface area contributed by atoms with Crippen LogP contribution in [0.3, 0.4) is 0 Å². The minimum Gasteiger partial charge on any atom is -0.350 e. The Labute approximate surface area is 191 Å². The first-order chi connectivity index (χ1) is 16.3. The summed E-state index contributed by atoms with van der Waals surface area (Å²) >= 11 is 0. The van der Waals surface area contributed by atoms with Crippen LogP contribution >= 0.6 is 0 Å². The number of carbonyl (C=O) groups is 1. The van der Waals surface area contributed by atoms with Gasteiger partial charge in [-0.15, -0.1) is 0 Å². The summed E-state index contributed by atoms with van der Waals surface area (Å²) < 4.78 is 1.84. The zero-order chi connectivity index (χ0) is 22.6. The summed E-state index contributed by atoms with van der Waals surface area (Å²) in [5, 5.41) is 18.0. The molecule has 3 heterocycles. The maximum absolute atomic E-state index is 12.1. The van der Waals surface area contributed by atoms with Crippen molar-refractivity contribution in [3.8, 4) is 23.3 Å². The van der Waals surface area contributed by atoms with Gasteiger partial charge < -0.3 is 10.6 Å². The van der Waals surface area contributed by atoms with Crippen LogP contribution < -0.4 is 10.6 Å². The summed E-state index contributed by atoms with van der Waals surface area (Å²) in [5.41, 5.74) is 1.95. The van der Waals surface area contributed by atoms with Gasteiger partial charge in [0, 0.05) is 29.9 Å². The first-order valence-electron chi connectivity index (χ1n) is 11.0. The Morgan fingerprint density at radius 2 is 2.12 bits per heavy atom. The SMILES string of the molecule is N#CCc1cnc(-c2ccc3ccccc3c2C=O)n1-c1ccnc(NC2CCCNC2)n1. The number of piperidine rings is 1. The molecule has 1 saturated heterocycles. The normalized spacial score (nSPS) is 15.8. The van der Waals surface area contributed by atoms with Crippen LogP contribution in [-0.2, 0) is 6.42 Å². The fourth-order valence-electron chi connectivity index (χ4n) is 4.36. The van der Waals surface area contributed by atoms with E-state index < -0.39 is 0 Å². The second-order valence-corrected chi connectivity index (χ2v) is 8.04. The third-order valence-electron chi connectivity index (χ3n) is 5.92. The van der Waals surface area contributed by atoms with Crippen molar-refractivity contribution in [2.24, 2.45) is 0 Å². The highest BCUT2D eigenvalue weighted by atomic mass is 16.1. The predicted molar refractivity (Wildman–Crippen MR) is 126 cm³/mol. The number of imidazole rings is 1. The molecule has 1 atom stereocenters. The lowest BCUT2D eigenvalue weighted by molar-refractivity contribution is 0.112. The number of hydrogen-bond donors (Lipinski definition) is 2. The van der Waals surface area contributed by atoms with Crippen LogP contribution in [0.15, 0.2) is 54.9 Å². The lowest BCUT2D eigenvalue weighted by Crippen LogP contribution is -2.38. The molecule has 5 rings (SSSR count). The van der Waals surface area contributed by atoms with E-state index in [4.69, 9.17) is 4.98 Å². The van der Waals surface area contributed by atoms with Gasteiger partial charge in [-0.2, -0.15) is 10.2 Å². The van der Waals surface area contributed by atoms with E-state index >= 15 is 0 Å². The van der Waals surface area contributed by atoms with Gasteiger partial charge in [0.05, 0.1) is 24.4 Å². The molecule has 2 aromatic carbocycles. The van der Waals surface area contributed by atoms with Crippen molar-refractivity contribution in [3.05, 3.63) is 66.1 Å². The van der Waals surface area contributed by atoms with Crippen LogP contribution in [0.1, 0.15) is 28.9 Å². The first kappa shape index (κ1) is 20.8. The lowest BCUT2D eigenvalue weighted by atomic mass is 9.99. The number of benzene rings is 2. The average molecular weight is 438 g/mol. The third-order valence-corrected chi connectivity index (χ3v) is 5.92. The minimum absolute atomic E-state index is 0.163. The van der Waals surface area contributed by atoms with E-state index in [0.717, 1.165) is 43.0 Å². The maximum atomic E-state index is 12.1. The quantitative estimate of drug-likeness (QED) is 0.444. The summed E-state index contributed by atoms with van der Waals surface area (Å²) in [4.78, 5) is 25.9. The molecule has 1 unspecified atom stereocenters. The largest absolute Gasteiger partial charge is 0.350 e. The van der Waals surface area contributed by atoms with E-state index in [-0.39, 0.29) is 12.5 Å². The Kier molecular flexibility index (Phi) is 5.79. The highest BCUT2D eigenvalue weighted by molar-refractivity contribution is 6.04. The number of anilines is 1. The molecule has 1 aliphatic rings. The van der Waals surface area contributed by atoms with Crippen molar-refractivity contribution in [2.75, 3.05) is 18.4 Å². The Morgan fingerprint density at radius 3 is 2.94 bits per heavy atom. The second-order valence-electron chi connectivity index (χ2n) is 8.04. The summed E-state index contributed by atoms with van der Waals surface area (Å²) in [5.74, 6) is 1.69. The Bertz CT molecular complexity index is 1350. The highest BCUT2D eigenvalue weighted by Gasteiger charge is 2.20. The number of fused-ring (bicyclic) bond motifs is 1. The third kappa shape index (κ3) is 4.06. The molecule has 8 nitrogen and oxygen atoms in total. The van der Waals surface area contributed by atoms with Gasteiger partial charge in [0.1, 0.15) is 11.6 Å². The van der Waals surface area contributed by atoms with Crippen LogP contribution in [0, 0.1) is 11.3 Å². The Balaban J connectivity index is 1.62. The number of carbonyl (C=O) groups excluding carboxylic acids is 1. The zero-order valence-corrected chi connectivity index (χ0v) is 18.0. The van der Waals surface area contributed by atoms with Crippen LogP contribution in [0.5, 0.6) is 0 Å². The molecular formula is C25H23N7O. The molecule has 0 spiro atoms. The van der Waals surface area contributed by atoms with E-state index in [2.05, 4.69) is 26.7 Å². The average Bonchev–Trinajstić information content (AvgIpc) is 3.27. The van der Waals surface area contributed by atoms with Gasteiger partial charge in [-0.05, 0) is 42.3 Å². The molecule has 0 amide bonds. The first-order valence-corrected chi connectivity index (χ1v) is 11.0. The number of aromatic nitrogens is 4. The second kappa shape index (κ2) is 9.18. The molecule has 0 radical (unpaired) electrons. The van der Waals surface area contributed by atoms with Crippen LogP contribution in [-0.4, -0.2) is 44.9 Å². The number of nitrogens with one attached hydrogen (secondary N) is 2. The molecule has 0 bridgehead atoms. The van der Waals surface area contributed by atoms with Gasteiger partial charge in [-0.1, -0.05) is 30.3 Å². The topological polar surface area (TPSA) is 109 Å². The monoisotopic (exact) mass is 437 g/mol. The van der Waals surface area contributed by atoms with Crippen molar-refractivity contribution in [2.45, 2.75) is 25.3 Å². The van der Waals surface area contributed by atoms with Gasteiger partial charge in [0.25, 0.3) is 0 Å². The van der Waals surface area contributed by atoms with Crippen LogP contribution in [0.2, 0.25) is 0 Å². The molecule has 164 valence electrons. The zero-order valence-electron chi connectivity index (χ0n) is 18.0. The van der Waals surface area contributed by atoms with Crippen molar-refractivity contribution < 1.29 is 4.79 Å². The van der Waals surface area contributed by atoms with E-state index in [1.54, 1.807) is 18.5 Å². The number of aldehydes is 1. The number of hydrogen-bond acceptors (Lipinski definition) is 7. The molecule has 1 aliphatic heterocycles. The van der Waals surface area contributed by atoms with E-state index in [9.17, 15) is 10.1 Å². The summed E-state index contributed by atoms with van der Waals surface area (Å²) in [6.45, 7) is 1.89. The molecule has 33 heavy (non-hydrogen) atoms. The predicted octanol–water partition coefficient (Wildman–Crippen LogP) is 3.52. The van der Waals surface area contributed by atoms with Gasteiger partial charge >= 0.3 is 0 Å². The summed E-state index contributed by atoms with van der Waals surface area (Å²) in [7, 11) is 0. The molecule has 0 aliphatic carbocycles. The number of rotatable bonds is 6. The molecule has 1 fully saturated rings. The standard InChI is InChI=1S/C25H23N7O/c26-11-9-19-15-29-24(21-8-7-17-4-1-2-6-20(17)22(21)16-33)32(19)23-10-13-28-25(31-23)30-18-5-3-12-27-14-18/h1-2,4,6-8,10,13,15-16,18,27H,3,5,9,12,14H2,(H,28,30,31). The molecule has 8 heteroatoms. The lowest BCUT2D eigenvalue weighted by Gasteiger charge is -2.24. The van der Waals surface area contributed by atoms with Crippen molar-refractivity contribution in [1.82, 2.24) is 24.8 Å². The molecule has 0 saturated carbocycles. The smallest absolute Gasteiger partial charge is 0.224 e. The van der Waals surface area contributed by atoms with Gasteiger partial charge in [-0.3, -0.25) is 9.36 Å². The fourth-order valence-corrected chi connectivity index (χ4v) is 4.36. The van der Waals surface area contributed by atoms with Crippen molar-refractivity contribution in [3.63, 3.8) is 0 Å². The van der Waals surface area contributed by atoms with Gasteiger partial charge in [-0.25, -0.2) is 9.97 Å². The van der Waals surface area contributed by atoms with Crippen molar-refractivity contribution >= 4 is 23.0 Å². The van der Waals surface area contributed by atoms with Crippen LogP contribution in [0.25, 0.3) is 28.0 Å². The minimum atomic E-state index is 0.163.